The van der Waals surface area contributed by atoms with E-state index in [9.17, 15) is 9.90 Å². The number of hydrogen-bond acceptors (Lipinski definition) is 3. The van der Waals surface area contributed by atoms with Gasteiger partial charge in [-0.05, 0) is 49.1 Å². The zero-order valence-corrected chi connectivity index (χ0v) is 15.7. The van der Waals surface area contributed by atoms with Crippen molar-refractivity contribution in [2.45, 2.75) is 26.4 Å². The molecule has 0 aliphatic heterocycles. The molecular weight excluding hydrogens is 328 g/mol. The zero-order chi connectivity index (χ0) is 18.9. The highest BCUT2D eigenvalue weighted by atomic mass is 16.5. The van der Waals surface area contributed by atoms with Crippen LogP contribution in [0.4, 0.5) is 4.79 Å². The fourth-order valence-corrected chi connectivity index (χ4v) is 2.52. The average Bonchev–Trinajstić information content (AvgIpc) is 2.66. The molecule has 0 saturated carbocycles. The number of hydrogen-bond donors (Lipinski definition) is 2. The minimum absolute atomic E-state index is 0.172. The quantitative estimate of drug-likeness (QED) is 0.712. The largest absolute Gasteiger partial charge is 0.492 e. The van der Waals surface area contributed by atoms with Crippen LogP contribution in [0, 0.1) is 13.8 Å². The van der Waals surface area contributed by atoms with Gasteiger partial charge in [0.2, 0.25) is 0 Å². The Morgan fingerprint density at radius 1 is 1.15 bits per heavy atom. The van der Waals surface area contributed by atoms with Crippen LogP contribution in [-0.2, 0) is 0 Å². The van der Waals surface area contributed by atoms with E-state index in [0.717, 1.165) is 11.3 Å². The van der Waals surface area contributed by atoms with Gasteiger partial charge in [-0.15, -0.1) is 0 Å². The van der Waals surface area contributed by atoms with E-state index in [1.54, 1.807) is 11.9 Å². The number of urea groups is 1. The van der Waals surface area contributed by atoms with Gasteiger partial charge in [0, 0.05) is 13.6 Å². The van der Waals surface area contributed by atoms with Gasteiger partial charge >= 0.3 is 6.03 Å². The monoisotopic (exact) mass is 356 g/mol. The van der Waals surface area contributed by atoms with Crippen molar-refractivity contribution in [1.29, 1.82) is 0 Å². The van der Waals surface area contributed by atoms with E-state index in [1.807, 2.05) is 55.5 Å². The highest BCUT2D eigenvalue weighted by Gasteiger charge is 2.12. The first kappa shape index (κ1) is 19.8. The molecule has 0 unspecified atom stereocenters. The first-order valence-electron chi connectivity index (χ1n) is 8.89. The second-order valence-electron chi connectivity index (χ2n) is 6.46. The fraction of sp³-hybridized carbons (Fsp3) is 0.381. The molecular formula is C21H28N2O3. The lowest BCUT2D eigenvalue weighted by Crippen LogP contribution is -2.39. The van der Waals surface area contributed by atoms with E-state index in [-0.39, 0.29) is 6.03 Å². The van der Waals surface area contributed by atoms with Crippen LogP contribution in [0.2, 0.25) is 0 Å². The number of carbonyl (C=O) groups is 1. The summed E-state index contributed by atoms with van der Waals surface area (Å²) in [6.45, 7) is 5.42. The number of carbonyl (C=O) groups excluding carboxylic acids is 1. The van der Waals surface area contributed by atoms with Crippen molar-refractivity contribution in [2.75, 3.05) is 26.7 Å². The molecule has 0 aliphatic carbocycles. The third-order valence-electron chi connectivity index (χ3n) is 4.39. The molecule has 5 nitrogen and oxygen atoms in total. The molecule has 0 heterocycles. The Balaban J connectivity index is 1.66. The molecule has 26 heavy (non-hydrogen) atoms. The van der Waals surface area contributed by atoms with E-state index < -0.39 is 6.10 Å². The van der Waals surface area contributed by atoms with E-state index in [1.165, 1.54) is 11.1 Å². The highest BCUT2D eigenvalue weighted by Crippen LogP contribution is 2.17. The normalized spacial score (nSPS) is 11.7. The van der Waals surface area contributed by atoms with Crippen molar-refractivity contribution < 1.29 is 14.6 Å². The van der Waals surface area contributed by atoms with Gasteiger partial charge in [0.1, 0.15) is 12.4 Å². The maximum Gasteiger partial charge on any atom is 0.317 e. The molecule has 0 aromatic heterocycles. The molecule has 0 spiro atoms. The summed E-state index contributed by atoms with van der Waals surface area (Å²) < 4.78 is 5.65. The van der Waals surface area contributed by atoms with Crippen molar-refractivity contribution in [3.05, 3.63) is 65.2 Å². The maximum atomic E-state index is 12.1. The summed E-state index contributed by atoms with van der Waals surface area (Å²) in [5.74, 6) is 0.807. The Morgan fingerprint density at radius 3 is 2.58 bits per heavy atom. The molecule has 2 aromatic carbocycles. The van der Waals surface area contributed by atoms with Crippen LogP contribution in [0.1, 0.15) is 29.2 Å². The van der Waals surface area contributed by atoms with Crippen molar-refractivity contribution in [1.82, 2.24) is 10.2 Å². The van der Waals surface area contributed by atoms with Crippen LogP contribution in [-0.4, -0.2) is 42.8 Å². The summed E-state index contributed by atoms with van der Waals surface area (Å²) in [6.07, 6.45) is -0.0767. The van der Waals surface area contributed by atoms with Crippen molar-refractivity contribution in [3.63, 3.8) is 0 Å². The summed E-state index contributed by atoms with van der Waals surface area (Å²) in [6, 6.07) is 15.2. The molecule has 0 saturated heterocycles. The lowest BCUT2D eigenvalue weighted by molar-refractivity contribution is 0.149. The number of ether oxygens (including phenoxy) is 1. The number of amides is 2. The predicted octanol–water partition coefficient (Wildman–Crippen LogP) is 3.45. The van der Waals surface area contributed by atoms with Crippen LogP contribution >= 0.6 is 0 Å². The number of aliphatic hydroxyl groups excluding tert-OH is 1. The minimum atomic E-state index is -0.570. The summed E-state index contributed by atoms with van der Waals surface area (Å²) >= 11 is 0. The summed E-state index contributed by atoms with van der Waals surface area (Å²) in [4.78, 5) is 13.7. The third-order valence-corrected chi connectivity index (χ3v) is 4.39. The molecule has 2 aromatic rings. The number of aryl methyl sites for hydroxylation is 2. The molecule has 2 rings (SSSR count). The third kappa shape index (κ3) is 6.08. The lowest BCUT2D eigenvalue weighted by atomic mass is 10.1. The van der Waals surface area contributed by atoms with Crippen LogP contribution in [0.25, 0.3) is 0 Å². The van der Waals surface area contributed by atoms with Crippen molar-refractivity contribution in [2.24, 2.45) is 0 Å². The Kier molecular flexibility index (Phi) is 7.48. The van der Waals surface area contributed by atoms with Gasteiger partial charge in [-0.2, -0.15) is 0 Å². The highest BCUT2D eigenvalue weighted by molar-refractivity contribution is 5.73. The average molecular weight is 356 g/mol. The molecule has 0 radical (unpaired) electrons. The van der Waals surface area contributed by atoms with Gasteiger partial charge in [0.25, 0.3) is 0 Å². The van der Waals surface area contributed by atoms with E-state index in [4.69, 9.17) is 4.74 Å². The standard InChI is InChI=1S/C21H28N2O3/c1-16-9-10-19(15-17(16)2)26-14-12-22-21(25)23(3)13-11-20(24)18-7-5-4-6-8-18/h4-10,15,20,24H,11-14H2,1-3H3,(H,22,25)/t20-/m0/s1. The van der Waals surface area contributed by atoms with Gasteiger partial charge in [0.15, 0.2) is 0 Å². The molecule has 2 amide bonds. The molecule has 0 fully saturated rings. The SMILES string of the molecule is Cc1ccc(OCCNC(=O)N(C)CC[C@H](O)c2ccccc2)cc1C. The Morgan fingerprint density at radius 2 is 1.88 bits per heavy atom. The second-order valence-corrected chi connectivity index (χ2v) is 6.46. The topological polar surface area (TPSA) is 61.8 Å². The summed E-state index contributed by atoms with van der Waals surface area (Å²) in [5, 5.41) is 13.0. The van der Waals surface area contributed by atoms with Crippen molar-refractivity contribution >= 4 is 6.03 Å². The number of aliphatic hydroxyl groups is 1. The number of nitrogens with zero attached hydrogens (tertiary/aromatic N) is 1. The van der Waals surface area contributed by atoms with Gasteiger partial charge in [0.05, 0.1) is 12.6 Å². The minimum Gasteiger partial charge on any atom is -0.492 e. The van der Waals surface area contributed by atoms with Crippen LogP contribution < -0.4 is 10.1 Å². The maximum absolute atomic E-state index is 12.1. The molecule has 140 valence electrons. The zero-order valence-electron chi connectivity index (χ0n) is 15.7. The van der Waals surface area contributed by atoms with Crippen LogP contribution in [0.3, 0.4) is 0 Å². The lowest BCUT2D eigenvalue weighted by Gasteiger charge is -2.20. The first-order chi connectivity index (χ1) is 12.5. The van der Waals surface area contributed by atoms with E-state index in [0.29, 0.717) is 26.1 Å². The van der Waals surface area contributed by atoms with Crippen molar-refractivity contribution in [3.8, 4) is 5.75 Å². The van der Waals surface area contributed by atoms with Gasteiger partial charge < -0.3 is 20.1 Å². The van der Waals surface area contributed by atoms with E-state index >= 15 is 0 Å². The number of nitrogens with one attached hydrogen (secondary N) is 1. The van der Waals surface area contributed by atoms with Gasteiger partial charge in [-0.25, -0.2) is 4.79 Å². The van der Waals surface area contributed by atoms with Crippen LogP contribution in [0.5, 0.6) is 5.75 Å². The molecule has 0 aliphatic rings. The molecule has 1 atom stereocenters. The number of rotatable bonds is 8. The van der Waals surface area contributed by atoms with Crippen LogP contribution in [0.15, 0.2) is 48.5 Å². The second kappa shape index (κ2) is 9.82. The van der Waals surface area contributed by atoms with E-state index in [2.05, 4.69) is 12.2 Å². The predicted molar refractivity (Wildman–Crippen MR) is 103 cm³/mol. The van der Waals surface area contributed by atoms with Gasteiger partial charge in [-0.1, -0.05) is 36.4 Å². The Bertz CT molecular complexity index is 704. The molecule has 2 N–H and O–H groups in total. The smallest absolute Gasteiger partial charge is 0.317 e. The molecule has 0 bridgehead atoms. The Labute approximate surface area is 155 Å². The summed E-state index contributed by atoms with van der Waals surface area (Å²) in [7, 11) is 1.72. The van der Waals surface area contributed by atoms with Gasteiger partial charge in [-0.3, -0.25) is 0 Å². The summed E-state index contributed by atoms with van der Waals surface area (Å²) in [5.41, 5.74) is 3.27. The first-order valence-corrected chi connectivity index (χ1v) is 8.89. The number of benzene rings is 2. The fourth-order valence-electron chi connectivity index (χ4n) is 2.52. The Hall–Kier alpha value is -2.53. The molecule has 5 heteroatoms.